The number of anilines is 1. The molecule has 0 aliphatic rings. The predicted octanol–water partition coefficient (Wildman–Crippen LogP) is 4.14. The van der Waals surface area contributed by atoms with Crippen LogP contribution in [-0.4, -0.2) is 35.0 Å². The highest BCUT2D eigenvalue weighted by Gasteiger charge is 2.18. The van der Waals surface area contributed by atoms with Gasteiger partial charge < -0.3 is 14.8 Å². The highest BCUT2D eigenvalue weighted by molar-refractivity contribution is 5.96. The summed E-state index contributed by atoms with van der Waals surface area (Å²) in [7, 11) is 3.20. The number of nitrogens with one attached hydrogen (secondary N) is 2. The number of nitrogens with zero attached hydrogens (tertiary/aromatic N) is 3. The van der Waals surface area contributed by atoms with Gasteiger partial charge in [-0.1, -0.05) is 20.8 Å². The van der Waals surface area contributed by atoms with Crippen molar-refractivity contribution in [1.29, 1.82) is 5.41 Å². The van der Waals surface area contributed by atoms with Crippen LogP contribution in [0.3, 0.4) is 0 Å². The fourth-order valence-corrected chi connectivity index (χ4v) is 2.43. The summed E-state index contributed by atoms with van der Waals surface area (Å²) < 4.78 is 10.6. The lowest BCUT2D eigenvalue weighted by molar-refractivity contribution is 0.355. The van der Waals surface area contributed by atoms with Gasteiger partial charge in [0.1, 0.15) is 11.4 Å². The van der Waals surface area contributed by atoms with Crippen LogP contribution in [0.2, 0.25) is 0 Å². The maximum atomic E-state index is 8.12. The van der Waals surface area contributed by atoms with Crippen LogP contribution in [0.4, 0.5) is 5.82 Å². The van der Waals surface area contributed by atoms with Gasteiger partial charge in [-0.25, -0.2) is 15.0 Å². The Hall–Kier alpha value is -3.22. The zero-order valence-corrected chi connectivity index (χ0v) is 16.1. The molecule has 0 atom stereocenters. The first-order valence-corrected chi connectivity index (χ1v) is 8.54. The van der Waals surface area contributed by atoms with E-state index in [0.29, 0.717) is 34.3 Å². The normalized spacial score (nSPS) is 11.3. The van der Waals surface area contributed by atoms with Gasteiger partial charge in [-0.2, -0.15) is 0 Å². The van der Waals surface area contributed by atoms with Crippen molar-refractivity contribution >= 4 is 22.8 Å². The Kier molecular flexibility index (Phi) is 4.94. The van der Waals surface area contributed by atoms with E-state index >= 15 is 0 Å². The highest BCUT2D eigenvalue weighted by Crippen LogP contribution is 2.32. The minimum atomic E-state index is -0.300. The number of pyridine rings is 1. The summed E-state index contributed by atoms with van der Waals surface area (Å²) in [5.41, 5.74) is 2.53. The summed E-state index contributed by atoms with van der Waals surface area (Å²) in [4.78, 5) is 13.5. The Bertz CT molecular complexity index is 995. The predicted molar refractivity (Wildman–Crippen MR) is 107 cm³/mol. The third kappa shape index (κ3) is 3.97. The summed E-state index contributed by atoms with van der Waals surface area (Å²) in [6, 6.07) is 9.40. The Morgan fingerprint density at radius 2 is 1.74 bits per heavy atom. The summed E-state index contributed by atoms with van der Waals surface area (Å²) >= 11 is 0. The molecule has 27 heavy (non-hydrogen) atoms. The average Bonchev–Trinajstić information content (AvgIpc) is 2.66. The second kappa shape index (κ2) is 7.19. The Morgan fingerprint density at radius 3 is 2.41 bits per heavy atom. The molecule has 7 nitrogen and oxygen atoms in total. The van der Waals surface area contributed by atoms with E-state index in [-0.39, 0.29) is 5.41 Å². The van der Waals surface area contributed by atoms with Gasteiger partial charge in [-0.15, -0.1) is 0 Å². The molecule has 0 spiro atoms. The second-order valence-corrected chi connectivity index (χ2v) is 7.11. The molecule has 3 rings (SSSR count). The number of aromatic nitrogens is 3. The largest absolute Gasteiger partial charge is 0.493 e. The molecule has 7 heteroatoms. The molecule has 0 aliphatic carbocycles. The van der Waals surface area contributed by atoms with Crippen molar-refractivity contribution in [1.82, 2.24) is 15.0 Å². The number of benzene rings is 1. The van der Waals surface area contributed by atoms with Crippen LogP contribution in [-0.2, 0) is 0 Å². The average molecular weight is 365 g/mol. The van der Waals surface area contributed by atoms with Crippen LogP contribution in [0.25, 0.3) is 22.4 Å². The van der Waals surface area contributed by atoms with Crippen LogP contribution >= 0.6 is 0 Å². The maximum absolute atomic E-state index is 8.12. The number of fused-ring (bicyclic) bond motifs is 1. The van der Waals surface area contributed by atoms with Crippen molar-refractivity contribution in [3.8, 4) is 22.8 Å². The number of rotatable bonds is 4. The Labute approximate surface area is 158 Å². The standard InChI is InChI=1S/C20H23N5O2/c1-20(2,3)19(21)25-17-11-22-14-8-7-13(23-18(14)24-17)12-6-9-15(26-4)16(10-12)27-5/h6-11H,1-5H3,(H2,21,23,24,25). The molecule has 2 heterocycles. The fourth-order valence-electron chi connectivity index (χ4n) is 2.43. The van der Waals surface area contributed by atoms with Gasteiger partial charge in [-0.3, -0.25) is 5.41 Å². The fraction of sp³-hybridized carbons (Fsp3) is 0.300. The maximum Gasteiger partial charge on any atom is 0.180 e. The summed E-state index contributed by atoms with van der Waals surface area (Å²) in [6.45, 7) is 5.89. The van der Waals surface area contributed by atoms with E-state index in [1.165, 1.54) is 0 Å². The van der Waals surface area contributed by atoms with Gasteiger partial charge in [-0.05, 0) is 30.3 Å². The molecule has 0 aliphatic heterocycles. The lowest BCUT2D eigenvalue weighted by atomic mass is 9.95. The van der Waals surface area contributed by atoms with Crippen LogP contribution in [0.15, 0.2) is 36.5 Å². The van der Waals surface area contributed by atoms with E-state index in [4.69, 9.17) is 14.9 Å². The molecular weight excluding hydrogens is 342 g/mol. The van der Waals surface area contributed by atoms with E-state index < -0.39 is 0 Å². The molecule has 0 saturated heterocycles. The van der Waals surface area contributed by atoms with Crippen LogP contribution in [0.1, 0.15) is 20.8 Å². The minimum absolute atomic E-state index is 0.300. The van der Waals surface area contributed by atoms with Crippen molar-refractivity contribution in [3.05, 3.63) is 36.5 Å². The molecule has 0 saturated carbocycles. The SMILES string of the molecule is COc1ccc(-c2ccc3ncc(NC(=N)C(C)(C)C)nc3n2)cc1OC. The van der Waals surface area contributed by atoms with E-state index in [9.17, 15) is 0 Å². The molecule has 2 N–H and O–H groups in total. The lowest BCUT2D eigenvalue weighted by Crippen LogP contribution is -2.27. The number of amidine groups is 1. The van der Waals surface area contributed by atoms with Crippen molar-refractivity contribution in [2.24, 2.45) is 5.41 Å². The molecule has 0 radical (unpaired) electrons. The number of ether oxygens (including phenoxy) is 2. The first-order chi connectivity index (χ1) is 12.8. The smallest absolute Gasteiger partial charge is 0.180 e. The molecule has 0 bridgehead atoms. The van der Waals surface area contributed by atoms with Crippen molar-refractivity contribution in [2.45, 2.75) is 20.8 Å². The van der Waals surface area contributed by atoms with Gasteiger partial charge >= 0.3 is 0 Å². The van der Waals surface area contributed by atoms with Gasteiger partial charge in [0.25, 0.3) is 0 Å². The summed E-state index contributed by atoms with van der Waals surface area (Å²) in [6.07, 6.45) is 1.61. The van der Waals surface area contributed by atoms with Gasteiger partial charge in [0.2, 0.25) is 0 Å². The van der Waals surface area contributed by atoms with Gasteiger partial charge in [0, 0.05) is 11.0 Å². The molecular formula is C20H23N5O2. The zero-order chi connectivity index (χ0) is 19.6. The van der Waals surface area contributed by atoms with Crippen molar-refractivity contribution in [2.75, 3.05) is 19.5 Å². The van der Waals surface area contributed by atoms with E-state index in [1.54, 1.807) is 20.4 Å². The quantitative estimate of drug-likeness (QED) is 0.533. The third-order valence-corrected chi connectivity index (χ3v) is 4.09. The molecule has 0 unspecified atom stereocenters. The lowest BCUT2D eigenvalue weighted by Gasteiger charge is -2.20. The molecule has 0 amide bonds. The Balaban J connectivity index is 1.98. The molecule has 140 valence electrons. The first kappa shape index (κ1) is 18.6. The topological polar surface area (TPSA) is 93.0 Å². The number of hydrogen-bond acceptors (Lipinski definition) is 6. The number of hydrogen-bond donors (Lipinski definition) is 2. The monoisotopic (exact) mass is 365 g/mol. The zero-order valence-electron chi connectivity index (χ0n) is 16.1. The summed E-state index contributed by atoms with van der Waals surface area (Å²) in [5.74, 6) is 2.16. The van der Waals surface area contributed by atoms with Crippen LogP contribution in [0, 0.1) is 10.8 Å². The first-order valence-electron chi connectivity index (χ1n) is 8.54. The molecule has 2 aromatic heterocycles. The van der Waals surface area contributed by atoms with Gasteiger partial charge in [0.05, 0.1) is 26.1 Å². The molecule has 1 aromatic carbocycles. The van der Waals surface area contributed by atoms with E-state index in [1.807, 2.05) is 51.1 Å². The third-order valence-electron chi connectivity index (χ3n) is 4.09. The second-order valence-electron chi connectivity index (χ2n) is 7.11. The van der Waals surface area contributed by atoms with E-state index in [0.717, 1.165) is 11.3 Å². The van der Waals surface area contributed by atoms with Crippen molar-refractivity contribution in [3.63, 3.8) is 0 Å². The van der Waals surface area contributed by atoms with Crippen LogP contribution < -0.4 is 14.8 Å². The Morgan fingerprint density at radius 1 is 1.00 bits per heavy atom. The van der Waals surface area contributed by atoms with Gasteiger partial charge in [0.15, 0.2) is 23.0 Å². The highest BCUT2D eigenvalue weighted by atomic mass is 16.5. The molecule has 0 fully saturated rings. The minimum Gasteiger partial charge on any atom is -0.493 e. The van der Waals surface area contributed by atoms with Crippen molar-refractivity contribution < 1.29 is 9.47 Å². The molecule has 3 aromatic rings. The summed E-state index contributed by atoms with van der Waals surface area (Å²) in [5, 5.41) is 11.1. The van der Waals surface area contributed by atoms with Crippen LogP contribution in [0.5, 0.6) is 11.5 Å². The number of methoxy groups -OCH3 is 2. The van der Waals surface area contributed by atoms with E-state index in [2.05, 4.69) is 20.3 Å².